The smallest absolute Gasteiger partial charge is 0.326 e. The third kappa shape index (κ3) is 3.07. The first-order chi connectivity index (χ1) is 10.2. The molecular formula is C16H26N2O3. The average molecular weight is 294 g/mol. The van der Waals surface area contributed by atoms with E-state index in [0.717, 1.165) is 38.6 Å². The third-order valence-corrected chi connectivity index (χ3v) is 5.58. The van der Waals surface area contributed by atoms with E-state index in [9.17, 15) is 14.7 Å². The number of nitrogens with one attached hydrogen (secondary N) is 1. The highest BCUT2D eigenvalue weighted by atomic mass is 16.4. The van der Waals surface area contributed by atoms with E-state index in [0.29, 0.717) is 24.9 Å². The van der Waals surface area contributed by atoms with E-state index in [-0.39, 0.29) is 11.8 Å². The van der Waals surface area contributed by atoms with E-state index < -0.39 is 12.0 Å². The standard InChI is InChI=1S/C16H26N2O3/c19-14(8-7-12-5-1-2-9-17-12)18-10-11-4-3-6-13(11)15(18)16(20)21/h11-13,15,17H,1-10H2,(H,20,21). The predicted molar refractivity (Wildman–Crippen MR) is 78.8 cm³/mol. The van der Waals surface area contributed by atoms with Crippen molar-refractivity contribution in [3.8, 4) is 0 Å². The molecule has 0 aromatic rings. The van der Waals surface area contributed by atoms with Gasteiger partial charge in [0.25, 0.3) is 0 Å². The molecule has 1 aliphatic carbocycles. The fourth-order valence-electron chi connectivity index (χ4n) is 4.49. The van der Waals surface area contributed by atoms with E-state index >= 15 is 0 Å². The molecule has 0 radical (unpaired) electrons. The Kier molecular flexibility index (Phi) is 4.48. The molecule has 21 heavy (non-hydrogen) atoms. The largest absolute Gasteiger partial charge is 0.480 e. The van der Waals surface area contributed by atoms with Gasteiger partial charge in [-0.3, -0.25) is 4.79 Å². The molecule has 3 rings (SSSR count). The van der Waals surface area contributed by atoms with Gasteiger partial charge in [0.05, 0.1) is 0 Å². The molecule has 3 fully saturated rings. The van der Waals surface area contributed by atoms with Gasteiger partial charge in [0.2, 0.25) is 5.91 Å². The van der Waals surface area contributed by atoms with E-state index in [2.05, 4.69) is 5.32 Å². The van der Waals surface area contributed by atoms with Gasteiger partial charge in [-0.05, 0) is 50.5 Å². The summed E-state index contributed by atoms with van der Waals surface area (Å²) in [5.74, 6) is -0.153. The molecule has 1 saturated carbocycles. The van der Waals surface area contributed by atoms with Crippen LogP contribution in [0.1, 0.15) is 51.4 Å². The maximum Gasteiger partial charge on any atom is 0.326 e. The second kappa shape index (κ2) is 6.34. The van der Waals surface area contributed by atoms with Gasteiger partial charge >= 0.3 is 5.97 Å². The van der Waals surface area contributed by atoms with Gasteiger partial charge in [-0.15, -0.1) is 0 Å². The molecule has 5 heteroatoms. The Balaban J connectivity index is 1.57. The van der Waals surface area contributed by atoms with Crippen molar-refractivity contribution in [1.82, 2.24) is 10.2 Å². The van der Waals surface area contributed by atoms with Crippen LogP contribution in [0.25, 0.3) is 0 Å². The fraction of sp³-hybridized carbons (Fsp3) is 0.875. The van der Waals surface area contributed by atoms with Crippen molar-refractivity contribution >= 4 is 11.9 Å². The number of piperidine rings is 1. The van der Waals surface area contributed by atoms with Crippen molar-refractivity contribution in [2.24, 2.45) is 11.8 Å². The Morgan fingerprint density at radius 1 is 1.14 bits per heavy atom. The highest BCUT2D eigenvalue weighted by Crippen LogP contribution is 2.42. The number of carbonyl (C=O) groups excluding carboxylic acids is 1. The third-order valence-electron chi connectivity index (χ3n) is 5.58. The van der Waals surface area contributed by atoms with Gasteiger partial charge in [0.15, 0.2) is 0 Å². The fourth-order valence-corrected chi connectivity index (χ4v) is 4.49. The van der Waals surface area contributed by atoms with Crippen LogP contribution in [0.5, 0.6) is 0 Å². The maximum atomic E-state index is 12.5. The van der Waals surface area contributed by atoms with Crippen LogP contribution in [0.4, 0.5) is 0 Å². The lowest BCUT2D eigenvalue weighted by molar-refractivity contribution is -0.149. The first kappa shape index (κ1) is 14.8. The SMILES string of the molecule is O=C(O)C1C2CCCC2CN1C(=O)CCC1CCCCN1. The topological polar surface area (TPSA) is 69.6 Å². The zero-order valence-corrected chi connectivity index (χ0v) is 12.6. The first-order valence-electron chi connectivity index (χ1n) is 8.42. The van der Waals surface area contributed by atoms with Crippen LogP contribution >= 0.6 is 0 Å². The minimum Gasteiger partial charge on any atom is -0.480 e. The van der Waals surface area contributed by atoms with Crippen molar-refractivity contribution in [3.05, 3.63) is 0 Å². The van der Waals surface area contributed by atoms with Crippen LogP contribution in [-0.4, -0.2) is 47.1 Å². The molecule has 2 N–H and O–H groups in total. The van der Waals surface area contributed by atoms with Gasteiger partial charge < -0.3 is 15.3 Å². The zero-order valence-electron chi connectivity index (χ0n) is 12.6. The number of carbonyl (C=O) groups is 2. The maximum absolute atomic E-state index is 12.5. The minimum absolute atomic E-state index is 0.0455. The van der Waals surface area contributed by atoms with Crippen molar-refractivity contribution in [3.63, 3.8) is 0 Å². The normalized spacial score (nSPS) is 35.7. The number of rotatable bonds is 4. The molecule has 5 nitrogen and oxygen atoms in total. The Bertz CT molecular complexity index is 406. The second-order valence-corrected chi connectivity index (χ2v) is 6.87. The van der Waals surface area contributed by atoms with Gasteiger partial charge in [0.1, 0.15) is 6.04 Å². The summed E-state index contributed by atoms with van der Waals surface area (Å²) in [6.07, 6.45) is 8.10. The molecule has 2 heterocycles. The van der Waals surface area contributed by atoms with E-state index in [1.807, 2.05) is 0 Å². The summed E-state index contributed by atoms with van der Waals surface area (Å²) in [5, 5.41) is 12.9. The summed E-state index contributed by atoms with van der Waals surface area (Å²) in [5.41, 5.74) is 0. The molecule has 1 amide bonds. The van der Waals surface area contributed by atoms with Crippen LogP contribution in [0.15, 0.2) is 0 Å². The van der Waals surface area contributed by atoms with Gasteiger partial charge in [0, 0.05) is 19.0 Å². The molecular weight excluding hydrogens is 268 g/mol. The highest BCUT2D eigenvalue weighted by Gasteiger charge is 2.49. The van der Waals surface area contributed by atoms with Crippen LogP contribution < -0.4 is 5.32 Å². The zero-order chi connectivity index (χ0) is 14.8. The number of carboxylic acids is 1. The van der Waals surface area contributed by atoms with Crippen LogP contribution in [0.3, 0.4) is 0 Å². The molecule has 4 atom stereocenters. The van der Waals surface area contributed by atoms with Gasteiger partial charge in [-0.2, -0.15) is 0 Å². The van der Waals surface area contributed by atoms with Crippen molar-refractivity contribution < 1.29 is 14.7 Å². The number of hydrogen-bond donors (Lipinski definition) is 2. The number of likely N-dealkylation sites (tertiary alicyclic amines) is 1. The van der Waals surface area contributed by atoms with Crippen LogP contribution in [-0.2, 0) is 9.59 Å². The summed E-state index contributed by atoms with van der Waals surface area (Å²) in [6.45, 7) is 1.71. The average Bonchev–Trinajstić information content (AvgIpc) is 3.05. The summed E-state index contributed by atoms with van der Waals surface area (Å²) in [6, 6.07) is -0.127. The van der Waals surface area contributed by atoms with E-state index in [1.165, 1.54) is 12.8 Å². The van der Waals surface area contributed by atoms with E-state index in [1.54, 1.807) is 4.90 Å². The van der Waals surface area contributed by atoms with Crippen LogP contribution in [0.2, 0.25) is 0 Å². The number of fused-ring (bicyclic) bond motifs is 1. The summed E-state index contributed by atoms with van der Waals surface area (Å²) in [4.78, 5) is 25.7. The van der Waals surface area contributed by atoms with Gasteiger partial charge in [-0.25, -0.2) is 4.79 Å². The molecule has 2 aliphatic heterocycles. The molecule has 4 unspecified atom stereocenters. The Morgan fingerprint density at radius 2 is 2.00 bits per heavy atom. The molecule has 2 saturated heterocycles. The number of hydrogen-bond acceptors (Lipinski definition) is 3. The highest BCUT2D eigenvalue weighted by molar-refractivity contribution is 5.84. The Hall–Kier alpha value is -1.10. The number of aliphatic carboxylic acids is 1. The first-order valence-corrected chi connectivity index (χ1v) is 8.42. The quantitative estimate of drug-likeness (QED) is 0.826. The molecule has 0 bridgehead atoms. The lowest BCUT2D eigenvalue weighted by Gasteiger charge is -2.27. The number of carboxylic acid groups (broad SMARTS) is 1. The number of nitrogens with zero attached hydrogens (tertiary/aromatic N) is 1. The monoisotopic (exact) mass is 294 g/mol. The van der Waals surface area contributed by atoms with Crippen molar-refractivity contribution in [2.45, 2.75) is 63.5 Å². The van der Waals surface area contributed by atoms with Crippen molar-refractivity contribution in [1.29, 1.82) is 0 Å². The summed E-state index contributed by atoms with van der Waals surface area (Å²) >= 11 is 0. The Labute approximate surface area is 126 Å². The molecule has 118 valence electrons. The molecule has 0 aromatic heterocycles. The van der Waals surface area contributed by atoms with Crippen LogP contribution in [0, 0.1) is 11.8 Å². The van der Waals surface area contributed by atoms with Gasteiger partial charge in [-0.1, -0.05) is 12.8 Å². The van der Waals surface area contributed by atoms with Crippen molar-refractivity contribution in [2.75, 3.05) is 13.1 Å². The molecule has 3 aliphatic rings. The lowest BCUT2D eigenvalue weighted by Crippen LogP contribution is -2.44. The minimum atomic E-state index is -0.812. The summed E-state index contributed by atoms with van der Waals surface area (Å²) in [7, 11) is 0. The molecule has 0 spiro atoms. The molecule has 0 aromatic carbocycles. The lowest BCUT2D eigenvalue weighted by atomic mass is 9.94. The predicted octanol–water partition coefficient (Wildman–Crippen LogP) is 1.62. The van der Waals surface area contributed by atoms with E-state index in [4.69, 9.17) is 0 Å². The second-order valence-electron chi connectivity index (χ2n) is 6.87. The number of amides is 1. The Morgan fingerprint density at radius 3 is 2.71 bits per heavy atom. The summed E-state index contributed by atoms with van der Waals surface area (Å²) < 4.78 is 0.